The summed E-state index contributed by atoms with van der Waals surface area (Å²) in [4.78, 5) is 16.3. The zero-order chi connectivity index (χ0) is 20.5. The van der Waals surface area contributed by atoms with Gasteiger partial charge in [-0.3, -0.25) is 9.79 Å². The van der Waals surface area contributed by atoms with Crippen molar-refractivity contribution in [1.29, 1.82) is 0 Å². The SMILES string of the molecule is COc1ccc(N=Cc2ccc(OCC(=O)NCc3ccco3)cc2)c(OC)c1. The molecule has 2 aromatic carbocycles. The van der Waals surface area contributed by atoms with Crippen molar-refractivity contribution in [2.45, 2.75) is 6.54 Å². The van der Waals surface area contributed by atoms with Gasteiger partial charge in [0, 0.05) is 12.3 Å². The molecule has 0 aliphatic heterocycles. The van der Waals surface area contributed by atoms with Crippen LogP contribution in [0, 0.1) is 0 Å². The molecule has 7 heteroatoms. The molecule has 7 nitrogen and oxygen atoms in total. The first-order chi connectivity index (χ1) is 14.2. The van der Waals surface area contributed by atoms with Crippen LogP contribution in [0.4, 0.5) is 5.69 Å². The lowest BCUT2D eigenvalue weighted by molar-refractivity contribution is -0.123. The van der Waals surface area contributed by atoms with Gasteiger partial charge >= 0.3 is 0 Å². The highest BCUT2D eigenvalue weighted by Gasteiger charge is 2.05. The second kappa shape index (κ2) is 9.98. The summed E-state index contributed by atoms with van der Waals surface area (Å²) >= 11 is 0. The van der Waals surface area contributed by atoms with E-state index in [1.54, 1.807) is 57.0 Å². The van der Waals surface area contributed by atoms with E-state index in [0.29, 0.717) is 35.2 Å². The summed E-state index contributed by atoms with van der Waals surface area (Å²) in [6.07, 6.45) is 3.29. The normalized spacial score (nSPS) is 10.7. The summed E-state index contributed by atoms with van der Waals surface area (Å²) < 4.78 is 21.2. The molecule has 1 aromatic heterocycles. The van der Waals surface area contributed by atoms with Crippen LogP contribution < -0.4 is 19.5 Å². The van der Waals surface area contributed by atoms with Crippen LogP contribution in [0.2, 0.25) is 0 Å². The van der Waals surface area contributed by atoms with E-state index in [9.17, 15) is 4.79 Å². The third kappa shape index (κ3) is 5.87. The van der Waals surface area contributed by atoms with Crippen LogP contribution in [0.1, 0.15) is 11.3 Å². The fourth-order valence-corrected chi connectivity index (χ4v) is 2.48. The number of amides is 1. The first-order valence-electron chi connectivity index (χ1n) is 8.96. The number of nitrogens with one attached hydrogen (secondary N) is 1. The summed E-state index contributed by atoms with van der Waals surface area (Å²) in [5, 5.41) is 2.72. The number of methoxy groups -OCH3 is 2. The molecular weight excluding hydrogens is 372 g/mol. The smallest absolute Gasteiger partial charge is 0.258 e. The number of furan rings is 1. The average molecular weight is 394 g/mol. The summed E-state index contributed by atoms with van der Waals surface area (Å²) in [5.74, 6) is 2.39. The monoisotopic (exact) mass is 394 g/mol. The van der Waals surface area contributed by atoms with Crippen molar-refractivity contribution in [3.8, 4) is 17.2 Å². The van der Waals surface area contributed by atoms with Crippen molar-refractivity contribution in [3.63, 3.8) is 0 Å². The number of hydrogen-bond donors (Lipinski definition) is 1. The summed E-state index contributed by atoms with van der Waals surface area (Å²) in [7, 11) is 3.19. The Bertz CT molecular complexity index is 950. The molecule has 0 aliphatic rings. The Morgan fingerprint density at radius 1 is 1.07 bits per heavy atom. The van der Waals surface area contributed by atoms with Crippen LogP contribution >= 0.6 is 0 Å². The average Bonchev–Trinajstić information content (AvgIpc) is 3.29. The van der Waals surface area contributed by atoms with Gasteiger partial charge in [-0.2, -0.15) is 0 Å². The first-order valence-corrected chi connectivity index (χ1v) is 8.96. The highest BCUT2D eigenvalue weighted by atomic mass is 16.5. The minimum absolute atomic E-state index is 0.0722. The zero-order valence-corrected chi connectivity index (χ0v) is 16.3. The van der Waals surface area contributed by atoms with Crippen LogP contribution in [-0.4, -0.2) is 32.9 Å². The Hall–Kier alpha value is -3.74. The molecule has 0 atom stereocenters. The topological polar surface area (TPSA) is 82.3 Å². The third-order valence-electron chi connectivity index (χ3n) is 4.03. The van der Waals surface area contributed by atoms with Gasteiger partial charge in [0.15, 0.2) is 6.61 Å². The minimum Gasteiger partial charge on any atom is -0.497 e. The number of nitrogens with zero attached hydrogens (tertiary/aromatic N) is 1. The van der Waals surface area contributed by atoms with Gasteiger partial charge in [-0.15, -0.1) is 0 Å². The number of hydrogen-bond acceptors (Lipinski definition) is 6. The Labute approximate surface area is 168 Å². The van der Waals surface area contributed by atoms with E-state index in [2.05, 4.69) is 10.3 Å². The molecule has 0 fully saturated rings. The molecule has 0 saturated heterocycles. The molecule has 0 unspecified atom stereocenters. The van der Waals surface area contributed by atoms with Gasteiger partial charge in [-0.05, 0) is 54.1 Å². The number of benzene rings is 2. The van der Waals surface area contributed by atoms with Crippen LogP contribution in [-0.2, 0) is 11.3 Å². The van der Waals surface area contributed by atoms with E-state index >= 15 is 0 Å². The Morgan fingerprint density at radius 3 is 2.55 bits per heavy atom. The summed E-state index contributed by atoms with van der Waals surface area (Å²) in [5.41, 5.74) is 1.58. The first kappa shape index (κ1) is 20.0. The van der Waals surface area contributed by atoms with E-state index in [-0.39, 0.29) is 12.5 Å². The lowest BCUT2D eigenvalue weighted by Crippen LogP contribution is -2.28. The number of rotatable bonds is 9. The number of ether oxygens (including phenoxy) is 3. The van der Waals surface area contributed by atoms with Crippen molar-refractivity contribution < 1.29 is 23.4 Å². The third-order valence-corrected chi connectivity index (χ3v) is 4.03. The van der Waals surface area contributed by atoms with Crippen LogP contribution in [0.15, 0.2) is 70.3 Å². The van der Waals surface area contributed by atoms with Gasteiger partial charge in [-0.1, -0.05) is 0 Å². The van der Waals surface area contributed by atoms with Gasteiger partial charge in [0.05, 0.1) is 27.0 Å². The highest BCUT2D eigenvalue weighted by Crippen LogP contribution is 2.31. The van der Waals surface area contributed by atoms with Gasteiger partial charge in [-0.25, -0.2) is 0 Å². The maximum atomic E-state index is 11.8. The maximum absolute atomic E-state index is 11.8. The largest absolute Gasteiger partial charge is 0.497 e. The Balaban J connectivity index is 1.52. The highest BCUT2D eigenvalue weighted by molar-refractivity contribution is 5.83. The fourth-order valence-electron chi connectivity index (χ4n) is 2.48. The number of carbonyl (C=O) groups is 1. The molecule has 1 amide bonds. The molecule has 0 bridgehead atoms. The van der Waals surface area contributed by atoms with Crippen molar-refractivity contribution in [3.05, 3.63) is 72.2 Å². The predicted octanol–water partition coefficient (Wildman–Crippen LogP) is 3.74. The van der Waals surface area contributed by atoms with E-state index in [0.717, 1.165) is 5.56 Å². The fraction of sp³-hybridized carbons (Fsp3) is 0.182. The second-order valence-electron chi connectivity index (χ2n) is 6.01. The van der Waals surface area contributed by atoms with Gasteiger partial charge in [0.2, 0.25) is 0 Å². The molecule has 3 rings (SSSR count). The standard InChI is InChI=1S/C22H22N2O5/c1-26-18-9-10-20(21(12-18)27-2)23-13-16-5-7-17(8-6-16)29-15-22(25)24-14-19-4-3-11-28-19/h3-13H,14-15H2,1-2H3,(H,24,25). The molecule has 3 aromatic rings. The maximum Gasteiger partial charge on any atom is 0.258 e. The molecule has 0 radical (unpaired) electrons. The van der Waals surface area contributed by atoms with Crippen molar-refractivity contribution in [2.24, 2.45) is 4.99 Å². The number of carbonyl (C=O) groups excluding carboxylic acids is 1. The van der Waals surface area contributed by atoms with Gasteiger partial charge in [0.25, 0.3) is 5.91 Å². The quantitative estimate of drug-likeness (QED) is 0.559. The van der Waals surface area contributed by atoms with Gasteiger partial charge < -0.3 is 23.9 Å². The van der Waals surface area contributed by atoms with E-state index in [4.69, 9.17) is 18.6 Å². The Kier molecular flexibility index (Phi) is 6.89. The summed E-state index contributed by atoms with van der Waals surface area (Å²) in [6.45, 7) is 0.261. The lowest BCUT2D eigenvalue weighted by Gasteiger charge is -2.07. The van der Waals surface area contributed by atoms with Gasteiger partial charge in [0.1, 0.15) is 28.7 Å². The molecule has 0 spiro atoms. The van der Waals surface area contributed by atoms with Crippen molar-refractivity contribution >= 4 is 17.8 Å². The summed E-state index contributed by atoms with van der Waals surface area (Å²) in [6, 6.07) is 16.3. The van der Waals surface area contributed by atoms with Crippen LogP contribution in [0.5, 0.6) is 17.2 Å². The molecule has 1 heterocycles. The lowest BCUT2D eigenvalue weighted by atomic mass is 10.2. The second-order valence-corrected chi connectivity index (χ2v) is 6.01. The molecule has 29 heavy (non-hydrogen) atoms. The molecule has 150 valence electrons. The van der Waals surface area contributed by atoms with E-state index in [1.165, 1.54) is 0 Å². The predicted molar refractivity (Wildman–Crippen MR) is 109 cm³/mol. The minimum atomic E-state index is -0.223. The molecule has 0 saturated carbocycles. The molecular formula is C22H22N2O5. The zero-order valence-electron chi connectivity index (χ0n) is 16.3. The molecule has 1 N–H and O–H groups in total. The van der Waals surface area contributed by atoms with Crippen molar-refractivity contribution in [1.82, 2.24) is 5.32 Å². The Morgan fingerprint density at radius 2 is 1.86 bits per heavy atom. The van der Waals surface area contributed by atoms with E-state index < -0.39 is 0 Å². The number of aliphatic imine (C=N–C) groups is 1. The van der Waals surface area contributed by atoms with E-state index in [1.807, 2.05) is 24.3 Å². The van der Waals surface area contributed by atoms with Crippen LogP contribution in [0.3, 0.4) is 0 Å². The van der Waals surface area contributed by atoms with Crippen LogP contribution in [0.25, 0.3) is 0 Å². The van der Waals surface area contributed by atoms with Crippen molar-refractivity contribution in [2.75, 3.05) is 20.8 Å². The molecule has 0 aliphatic carbocycles.